The van der Waals surface area contributed by atoms with Crippen LogP contribution in [0.3, 0.4) is 0 Å². The smallest absolute Gasteiger partial charge is 0.227 e. The van der Waals surface area contributed by atoms with Crippen molar-refractivity contribution in [3.63, 3.8) is 0 Å². The molecule has 1 heterocycles. The van der Waals surface area contributed by atoms with Gasteiger partial charge in [-0.25, -0.2) is 0 Å². The SMILES string of the molecule is CCC1NCCC1C(=O)N(C)CC(C)C. The predicted octanol–water partition coefficient (Wildman–Crippen LogP) is 1.49. The van der Waals surface area contributed by atoms with Crippen LogP contribution in [0.15, 0.2) is 0 Å². The van der Waals surface area contributed by atoms with Crippen molar-refractivity contribution in [3.8, 4) is 0 Å². The summed E-state index contributed by atoms with van der Waals surface area (Å²) in [6, 6.07) is 0.395. The second-order valence-corrected chi connectivity index (χ2v) is 4.98. The highest BCUT2D eigenvalue weighted by Crippen LogP contribution is 2.20. The van der Waals surface area contributed by atoms with E-state index in [2.05, 4.69) is 26.1 Å². The first-order valence-electron chi connectivity index (χ1n) is 6.04. The molecule has 2 unspecified atom stereocenters. The van der Waals surface area contributed by atoms with Crippen molar-refractivity contribution in [2.24, 2.45) is 11.8 Å². The van der Waals surface area contributed by atoms with Gasteiger partial charge in [-0.15, -0.1) is 0 Å². The maximum atomic E-state index is 12.1. The minimum atomic E-state index is 0.207. The van der Waals surface area contributed by atoms with Crippen LogP contribution in [0.4, 0.5) is 0 Å². The number of rotatable bonds is 4. The van der Waals surface area contributed by atoms with Gasteiger partial charge in [0, 0.05) is 19.6 Å². The Bertz CT molecular complexity index is 216. The van der Waals surface area contributed by atoms with Crippen LogP contribution < -0.4 is 5.32 Å². The molecule has 1 saturated heterocycles. The fourth-order valence-electron chi connectivity index (χ4n) is 2.41. The van der Waals surface area contributed by atoms with E-state index in [1.54, 1.807) is 0 Å². The molecule has 0 aromatic carbocycles. The highest BCUT2D eigenvalue weighted by molar-refractivity contribution is 5.79. The highest BCUT2D eigenvalue weighted by Gasteiger charge is 2.33. The Morgan fingerprint density at radius 1 is 1.53 bits per heavy atom. The summed E-state index contributed by atoms with van der Waals surface area (Å²) in [5, 5.41) is 3.40. The Labute approximate surface area is 93.2 Å². The van der Waals surface area contributed by atoms with E-state index < -0.39 is 0 Å². The second kappa shape index (κ2) is 5.50. The zero-order chi connectivity index (χ0) is 11.4. The van der Waals surface area contributed by atoms with Crippen molar-refractivity contribution in [1.82, 2.24) is 10.2 Å². The summed E-state index contributed by atoms with van der Waals surface area (Å²) in [5.74, 6) is 1.08. The average Bonchev–Trinajstić information content (AvgIpc) is 2.62. The molecule has 1 aliphatic rings. The lowest BCUT2D eigenvalue weighted by molar-refractivity contribution is -0.134. The summed E-state index contributed by atoms with van der Waals surface area (Å²) in [6.07, 6.45) is 2.05. The van der Waals surface area contributed by atoms with E-state index in [4.69, 9.17) is 0 Å². The molecule has 0 aliphatic carbocycles. The van der Waals surface area contributed by atoms with Crippen molar-refractivity contribution in [1.29, 1.82) is 0 Å². The van der Waals surface area contributed by atoms with Gasteiger partial charge in [0.1, 0.15) is 0 Å². The molecule has 1 rings (SSSR count). The second-order valence-electron chi connectivity index (χ2n) is 4.98. The molecule has 1 aliphatic heterocycles. The first-order chi connectivity index (χ1) is 7.06. The van der Waals surface area contributed by atoms with Crippen molar-refractivity contribution >= 4 is 5.91 Å². The maximum Gasteiger partial charge on any atom is 0.227 e. The minimum Gasteiger partial charge on any atom is -0.345 e. The molecule has 0 aromatic heterocycles. The van der Waals surface area contributed by atoms with Crippen LogP contribution in [0.2, 0.25) is 0 Å². The lowest BCUT2D eigenvalue weighted by Crippen LogP contribution is -2.40. The van der Waals surface area contributed by atoms with E-state index in [-0.39, 0.29) is 5.92 Å². The zero-order valence-electron chi connectivity index (χ0n) is 10.4. The van der Waals surface area contributed by atoms with Crippen molar-refractivity contribution < 1.29 is 4.79 Å². The molecule has 88 valence electrons. The van der Waals surface area contributed by atoms with E-state index in [1.165, 1.54) is 0 Å². The van der Waals surface area contributed by atoms with Gasteiger partial charge in [-0.2, -0.15) is 0 Å². The first-order valence-corrected chi connectivity index (χ1v) is 6.04. The van der Waals surface area contributed by atoms with Crippen LogP contribution in [0.25, 0.3) is 0 Å². The third-order valence-corrected chi connectivity index (χ3v) is 3.12. The summed E-state index contributed by atoms with van der Waals surface area (Å²) < 4.78 is 0. The Morgan fingerprint density at radius 2 is 2.20 bits per heavy atom. The Balaban J connectivity index is 2.51. The standard InChI is InChI=1S/C12H24N2O/c1-5-11-10(6-7-13-11)12(15)14(4)8-9(2)3/h9-11,13H,5-8H2,1-4H3. The number of hydrogen-bond acceptors (Lipinski definition) is 2. The van der Waals surface area contributed by atoms with E-state index in [0.717, 1.165) is 25.9 Å². The third-order valence-electron chi connectivity index (χ3n) is 3.12. The monoisotopic (exact) mass is 212 g/mol. The summed E-state index contributed by atoms with van der Waals surface area (Å²) in [7, 11) is 1.92. The molecule has 1 fully saturated rings. The first kappa shape index (κ1) is 12.5. The highest BCUT2D eigenvalue weighted by atomic mass is 16.2. The normalized spacial score (nSPS) is 25.9. The summed E-state index contributed by atoms with van der Waals surface area (Å²) in [6.45, 7) is 8.30. The van der Waals surface area contributed by atoms with Crippen molar-refractivity contribution in [3.05, 3.63) is 0 Å². The van der Waals surface area contributed by atoms with Crippen LogP contribution in [0.1, 0.15) is 33.6 Å². The number of carbonyl (C=O) groups is 1. The molecule has 0 radical (unpaired) electrons. The van der Waals surface area contributed by atoms with Gasteiger partial charge in [0.15, 0.2) is 0 Å². The minimum absolute atomic E-state index is 0.207. The number of amides is 1. The average molecular weight is 212 g/mol. The lowest BCUT2D eigenvalue weighted by Gasteiger charge is -2.25. The van der Waals surface area contributed by atoms with Gasteiger partial charge in [0.25, 0.3) is 0 Å². The largest absolute Gasteiger partial charge is 0.345 e. The number of carbonyl (C=O) groups excluding carboxylic acids is 1. The van der Waals surface area contributed by atoms with Crippen LogP contribution >= 0.6 is 0 Å². The van der Waals surface area contributed by atoms with E-state index >= 15 is 0 Å². The Hall–Kier alpha value is -0.570. The molecule has 0 saturated carbocycles. The van der Waals surface area contributed by atoms with Crippen LogP contribution in [0, 0.1) is 11.8 Å². The Kier molecular flexibility index (Phi) is 4.58. The van der Waals surface area contributed by atoms with Crippen molar-refractivity contribution in [2.45, 2.75) is 39.7 Å². The molecule has 0 aromatic rings. The number of nitrogens with zero attached hydrogens (tertiary/aromatic N) is 1. The molecule has 1 N–H and O–H groups in total. The number of hydrogen-bond donors (Lipinski definition) is 1. The molecule has 3 heteroatoms. The molecule has 3 nitrogen and oxygen atoms in total. The zero-order valence-corrected chi connectivity index (χ0v) is 10.4. The number of nitrogens with one attached hydrogen (secondary N) is 1. The van der Waals surface area contributed by atoms with Gasteiger partial charge >= 0.3 is 0 Å². The summed E-state index contributed by atoms with van der Waals surface area (Å²) >= 11 is 0. The van der Waals surface area contributed by atoms with Gasteiger partial charge in [0.2, 0.25) is 5.91 Å². The summed E-state index contributed by atoms with van der Waals surface area (Å²) in [5.41, 5.74) is 0. The molecule has 1 amide bonds. The van der Waals surface area contributed by atoms with E-state index in [9.17, 15) is 4.79 Å². The molecular formula is C12H24N2O. The lowest BCUT2D eigenvalue weighted by atomic mass is 9.97. The molecule has 0 spiro atoms. The topological polar surface area (TPSA) is 32.3 Å². The fourth-order valence-corrected chi connectivity index (χ4v) is 2.41. The van der Waals surface area contributed by atoms with E-state index in [0.29, 0.717) is 17.9 Å². The molecule has 15 heavy (non-hydrogen) atoms. The molecule has 0 bridgehead atoms. The van der Waals surface area contributed by atoms with Crippen LogP contribution in [0.5, 0.6) is 0 Å². The molecular weight excluding hydrogens is 188 g/mol. The Morgan fingerprint density at radius 3 is 2.73 bits per heavy atom. The fraction of sp³-hybridized carbons (Fsp3) is 0.917. The molecule has 2 atom stereocenters. The van der Waals surface area contributed by atoms with Crippen LogP contribution in [-0.4, -0.2) is 37.0 Å². The van der Waals surface area contributed by atoms with Gasteiger partial charge in [-0.1, -0.05) is 20.8 Å². The summed E-state index contributed by atoms with van der Waals surface area (Å²) in [4.78, 5) is 14.0. The van der Waals surface area contributed by atoms with E-state index in [1.807, 2.05) is 11.9 Å². The van der Waals surface area contributed by atoms with Gasteiger partial charge in [0.05, 0.1) is 5.92 Å². The predicted molar refractivity (Wildman–Crippen MR) is 62.7 cm³/mol. The van der Waals surface area contributed by atoms with Gasteiger partial charge < -0.3 is 10.2 Å². The third kappa shape index (κ3) is 3.20. The maximum absolute atomic E-state index is 12.1. The van der Waals surface area contributed by atoms with Crippen LogP contribution in [-0.2, 0) is 4.79 Å². The quantitative estimate of drug-likeness (QED) is 0.765. The van der Waals surface area contributed by atoms with Gasteiger partial charge in [-0.05, 0) is 25.3 Å². The van der Waals surface area contributed by atoms with Crippen molar-refractivity contribution in [2.75, 3.05) is 20.1 Å². The van der Waals surface area contributed by atoms with Gasteiger partial charge in [-0.3, -0.25) is 4.79 Å².